The van der Waals surface area contributed by atoms with E-state index >= 15 is 0 Å². The number of rotatable bonds is 0. The van der Waals surface area contributed by atoms with E-state index in [0.717, 1.165) is 13.0 Å². The average Bonchev–Trinajstić information content (AvgIpc) is 2.32. The molecule has 1 nitrogen and oxygen atoms in total. The van der Waals surface area contributed by atoms with Gasteiger partial charge in [0.2, 0.25) is 0 Å². The van der Waals surface area contributed by atoms with Gasteiger partial charge in [-0.15, -0.1) is 0 Å². The van der Waals surface area contributed by atoms with Crippen LogP contribution in [0.4, 0.5) is 5.69 Å². The zero-order chi connectivity index (χ0) is 12.3. The molecule has 90 valence electrons. The molecule has 0 spiro atoms. The van der Waals surface area contributed by atoms with Crippen LogP contribution in [-0.2, 0) is 0 Å². The summed E-state index contributed by atoms with van der Waals surface area (Å²) in [5.74, 6) is 0.468. The molecule has 0 bridgehead atoms. The van der Waals surface area contributed by atoms with Crippen molar-refractivity contribution in [3.05, 3.63) is 53.6 Å². The lowest BCUT2D eigenvalue weighted by molar-refractivity contribution is 0.863. The fourth-order valence-corrected chi connectivity index (χ4v) is 2.46. The molecule has 0 fully saturated rings. The molecular formula is C16H21N. The van der Waals surface area contributed by atoms with Crippen molar-refractivity contribution in [1.82, 2.24) is 0 Å². The Kier molecular flexibility index (Phi) is 3.68. The van der Waals surface area contributed by atoms with Crippen molar-refractivity contribution >= 4 is 5.69 Å². The van der Waals surface area contributed by atoms with Gasteiger partial charge < -0.3 is 4.90 Å². The summed E-state index contributed by atoms with van der Waals surface area (Å²) in [6.45, 7) is 5.54. The van der Waals surface area contributed by atoms with Crippen LogP contribution in [-0.4, -0.2) is 13.6 Å². The van der Waals surface area contributed by atoms with Crippen LogP contribution in [0.25, 0.3) is 0 Å². The lowest BCUT2D eigenvalue weighted by atomic mass is 9.95. The number of aryl methyl sites for hydroxylation is 1. The molecule has 1 aromatic rings. The van der Waals surface area contributed by atoms with E-state index in [2.05, 4.69) is 68.3 Å². The van der Waals surface area contributed by atoms with Gasteiger partial charge in [-0.25, -0.2) is 0 Å². The van der Waals surface area contributed by atoms with Crippen LogP contribution in [0.2, 0.25) is 0 Å². The number of fused-ring (bicyclic) bond motifs is 1. The minimum atomic E-state index is 0.468. The minimum absolute atomic E-state index is 0.468. The van der Waals surface area contributed by atoms with Gasteiger partial charge >= 0.3 is 0 Å². The van der Waals surface area contributed by atoms with Gasteiger partial charge in [0.05, 0.1) is 0 Å². The molecule has 17 heavy (non-hydrogen) atoms. The van der Waals surface area contributed by atoms with E-state index in [1.165, 1.54) is 16.8 Å². The van der Waals surface area contributed by atoms with Gasteiger partial charge in [0.1, 0.15) is 0 Å². The Morgan fingerprint density at radius 1 is 1.24 bits per heavy atom. The molecule has 1 atom stereocenters. The molecule has 1 heterocycles. The Balaban J connectivity index is 2.50. The van der Waals surface area contributed by atoms with E-state index in [-0.39, 0.29) is 0 Å². The molecule has 1 aliphatic rings. The lowest BCUT2D eigenvalue weighted by Crippen LogP contribution is -2.21. The molecule has 0 aromatic heterocycles. The van der Waals surface area contributed by atoms with Crippen molar-refractivity contribution < 1.29 is 0 Å². The first-order chi connectivity index (χ1) is 8.20. The first kappa shape index (κ1) is 12.0. The highest BCUT2D eigenvalue weighted by atomic mass is 15.1. The summed E-state index contributed by atoms with van der Waals surface area (Å²) in [6, 6.07) is 6.61. The fraction of sp³-hybridized carbons (Fsp3) is 0.375. The normalized spacial score (nSPS) is 23.9. The lowest BCUT2D eigenvalue weighted by Gasteiger charge is -2.26. The Hall–Kier alpha value is -1.50. The summed E-state index contributed by atoms with van der Waals surface area (Å²) in [5, 5.41) is 0. The highest BCUT2D eigenvalue weighted by Gasteiger charge is 2.13. The number of hydrogen-bond donors (Lipinski definition) is 0. The van der Waals surface area contributed by atoms with E-state index < -0.39 is 0 Å². The Bertz CT molecular complexity index is 443. The summed E-state index contributed by atoms with van der Waals surface area (Å²) in [6.07, 6.45) is 9.94. The average molecular weight is 227 g/mol. The second-order valence-electron chi connectivity index (χ2n) is 4.82. The Labute approximate surface area is 104 Å². The summed E-state index contributed by atoms with van der Waals surface area (Å²) in [7, 11) is 2.19. The van der Waals surface area contributed by atoms with Crippen LogP contribution in [0.15, 0.2) is 42.5 Å². The smallest absolute Gasteiger partial charge is 0.0431 e. The van der Waals surface area contributed by atoms with Crippen LogP contribution in [0, 0.1) is 6.92 Å². The fourth-order valence-electron chi connectivity index (χ4n) is 2.46. The second kappa shape index (κ2) is 5.22. The summed E-state index contributed by atoms with van der Waals surface area (Å²) < 4.78 is 0. The van der Waals surface area contributed by atoms with Gasteiger partial charge in [0.15, 0.2) is 0 Å². The third-order valence-electron chi connectivity index (χ3n) is 3.42. The molecular weight excluding hydrogens is 206 g/mol. The molecule has 0 aliphatic carbocycles. The van der Waals surface area contributed by atoms with Crippen LogP contribution < -0.4 is 4.90 Å². The predicted octanol–water partition coefficient (Wildman–Crippen LogP) is 4.05. The topological polar surface area (TPSA) is 3.24 Å². The van der Waals surface area contributed by atoms with Gasteiger partial charge in [-0.05, 0) is 24.5 Å². The molecule has 0 saturated carbocycles. The Morgan fingerprint density at radius 2 is 2.06 bits per heavy atom. The van der Waals surface area contributed by atoms with Gasteiger partial charge in [-0.1, -0.05) is 49.4 Å². The molecule has 1 aromatic carbocycles. The van der Waals surface area contributed by atoms with Crippen molar-refractivity contribution in [3.63, 3.8) is 0 Å². The molecule has 2 rings (SSSR count). The highest BCUT2D eigenvalue weighted by Crippen LogP contribution is 2.31. The summed E-state index contributed by atoms with van der Waals surface area (Å²) in [5.41, 5.74) is 4.20. The van der Waals surface area contributed by atoms with Gasteiger partial charge in [-0.3, -0.25) is 0 Å². The summed E-state index contributed by atoms with van der Waals surface area (Å²) >= 11 is 0. The predicted molar refractivity (Wildman–Crippen MR) is 75.8 cm³/mol. The van der Waals surface area contributed by atoms with Crippen LogP contribution in [0.3, 0.4) is 0 Å². The molecule has 0 radical (unpaired) electrons. The standard InChI is InChI=1S/C16H21N/c1-13-9-6-4-5-7-12-17(3)16-14(2)10-8-11-15(13)16/h4-6,8-11,13H,7,12H2,1-3H3/b5-4-,9-6-. The maximum absolute atomic E-state index is 2.38. The highest BCUT2D eigenvalue weighted by molar-refractivity contribution is 5.61. The van der Waals surface area contributed by atoms with E-state index in [1.54, 1.807) is 0 Å². The van der Waals surface area contributed by atoms with Crippen LogP contribution in [0.1, 0.15) is 30.4 Å². The molecule has 1 heteroatoms. The second-order valence-corrected chi connectivity index (χ2v) is 4.82. The van der Waals surface area contributed by atoms with E-state index in [1.807, 2.05) is 0 Å². The van der Waals surface area contributed by atoms with E-state index in [0.29, 0.717) is 5.92 Å². The molecule has 1 unspecified atom stereocenters. The van der Waals surface area contributed by atoms with Crippen LogP contribution >= 0.6 is 0 Å². The molecule has 0 saturated heterocycles. The first-order valence-corrected chi connectivity index (χ1v) is 6.34. The number of hydrogen-bond acceptors (Lipinski definition) is 1. The third kappa shape index (κ3) is 2.60. The zero-order valence-corrected chi connectivity index (χ0v) is 11.0. The van der Waals surface area contributed by atoms with Crippen LogP contribution in [0.5, 0.6) is 0 Å². The molecule has 0 amide bonds. The number of anilines is 1. The van der Waals surface area contributed by atoms with Crippen molar-refractivity contribution in [2.75, 3.05) is 18.5 Å². The van der Waals surface area contributed by atoms with Crippen molar-refractivity contribution in [2.24, 2.45) is 0 Å². The quantitative estimate of drug-likeness (QED) is 0.646. The Morgan fingerprint density at radius 3 is 2.88 bits per heavy atom. The number of nitrogens with zero attached hydrogens (tertiary/aromatic N) is 1. The number of allylic oxidation sites excluding steroid dienone is 3. The monoisotopic (exact) mass is 227 g/mol. The van der Waals surface area contributed by atoms with E-state index in [4.69, 9.17) is 0 Å². The number of benzene rings is 1. The van der Waals surface area contributed by atoms with Gasteiger partial charge in [0.25, 0.3) is 0 Å². The zero-order valence-electron chi connectivity index (χ0n) is 11.0. The van der Waals surface area contributed by atoms with E-state index in [9.17, 15) is 0 Å². The van der Waals surface area contributed by atoms with Gasteiger partial charge in [-0.2, -0.15) is 0 Å². The molecule has 0 N–H and O–H groups in total. The van der Waals surface area contributed by atoms with Crippen molar-refractivity contribution in [1.29, 1.82) is 0 Å². The SMILES string of the molecule is Cc1cccc2c1N(C)CC/C=C\C=C/C2C. The number of para-hydroxylation sites is 1. The third-order valence-corrected chi connectivity index (χ3v) is 3.42. The van der Waals surface area contributed by atoms with Crippen molar-refractivity contribution in [3.8, 4) is 0 Å². The summed E-state index contributed by atoms with van der Waals surface area (Å²) in [4.78, 5) is 2.38. The maximum Gasteiger partial charge on any atom is 0.0431 e. The maximum atomic E-state index is 2.38. The minimum Gasteiger partial charge on any atom is -0.374 e. The largest absolute Gasteiger partial charge is 0.374 e. The first-order valence-electron chi connectivity index (χ1n) is 6.34. The van der Waals surface area contributed by atoms with Crippen molar-refractivity contribution in [2.45, 2.75) is 26.2 Å². The van der Waals surface area contributed by atoms with Gasteiger partial charge in [0, 0.05) is 25.2 Å². The molecule has 1 aliphatic heterocycles.